The van der Waals surface area contributed by atoms with E-state index in [9.17, 15) is 0 Å². The normalized spacial score (nSPS) is 17.6. The van der Waals surface area contributed by atoms with Gasteiger partial charge in [-0.05, 0) is 17.7 Å². The van der Waals surface area contributed by atoms with Crippen molar-refractivity contribution in [3.05, 3.63) is 53.1 Å². The van der Waals surface area contributed by atoms with Crippen LogP contribution in [0.3, 0.4) is 0 Å². The molecule has 1 aliphatic heterocycles. The zero-order valence-corrected chi connectivity index (χ0v) is 11.8. The fraction of sp³-hybridized carbons (Fsp3) is 0.133. The van der Waals surface area contributed by atoms with Crippen molar-refractivity contribution in [3.63, 3.8) is 0 Å². The van der Waals surface area contributed by atoms with E-state index in [1.165, 1.54) is 0 Å². The Balaban J connectivity index is 2.13. The van der Waals surface area contributed by atoms with Crippen molar-refractivity contribution < 1.29 is 0 Å². The molecule has 0 aliphatic carbocycles. The molecule has 1 aliphatic rings. The summed E-state index contributed by atoms with van der Waals surface area (Å²) < 4.78 is 0. The van der Waals surface area contributed by atoms with Gasteiger partial charge in [0.2, 0.25) is 0 Å². The second kappa shape index (κ2) is 4.81. The van der Waals surface area contributed by atoms with E-state index in [0.29, 0.717) is 11.0 Å². The lowest BCUT2D eigenvalue weighted by Crippen LogP contribution is -2.42. The molecule has 0 amide bonds. The van der Waals surface area contributed by atoms with Crippen molar-refractivity contribution in [1.82, 2.24) is 4.90 Å². The van der Waals surface area contributed by atoms with Gasteiger partial charge in [0, 0.05) is 23.2 Å². The maximum absolute atomic E-state index is 6.23. The van der Waals surface area contributed by atoms with E-state index < -0.39 is 0 Å². The Kier molecular flexibility index (Phi) is 3.12. The summed E-state index contributed by atoms with van der Waals surface area (Å²) in [6.45, 7) is 0. The Morgan fingerprint density at radius 2 is 1.95 bits per heavy atom. The molecular weight excluding hydrogens is 272 g/mol. The highest BCUT2D eigenvalue weighted by atomic mass is 35.5. The summed E-state index contributed by atoms with van der Waals surface area (Å²) in [5.41, 5.74) is 15.7. The number of fused-ring (bicyclic) bond motifs is 1. The van der Waals surface area contributed by atoms with E-state index >= 15 is 0 Å². The molecule has 2 aromatic carbocycles. The minimum absolute atomic E-state index is 0.275. The van der Waals surface area contributed by atoms with Crippen LogP contribution in [0, 0.1) is 0 Å². The highest BCUT2D eigenvalue weighted by Crippen LogP contribution is 2.36. The number of hydrogen-bond acceptors (Lipinski definition) is 4. The van der Waals surface area contributed by atoms with Gasteiger partial charge in [-0.25, -0.2) is 4.99 Å². The largest absolute Gasteiger partial charge is 0.369 e. The van der Waals surface area contributed by atoms with Crippen LogP contribution in [0.5, 0.6) is 0 Å². The zero-order valence-electron chi connectivity index (χ0n) is 11.0. The van der Waals surface area contributed by atoms with Gasteiger partial charge in [0.25, 0.3) is 0 Å². The Morgan fingerprint density at radius 1 is 1.20 bits per heavy atom. The fourth-order valence-electron chi connectivity index (χ4n) is 2.31. The number of benzene rings is 2. The quantitative estimate of drug-likeness (QED) is 0.847. The van der Waals surface area contributed by atoms with Gasteiger partial charge in [-0.1, -0.05) is 41.9 Å². The molecule has 3 rings (SSSR count). The number of guanidine groups is 1. The van der Waals surface area contributed by atoms with Gasteiger partial charge >= 0.3 is 0 Å². The van der Waals surface area contributed by atoms with Crippen LogP contribution in [0.1, 0.15) is 11.7 Å². The van der Waals surface area contributed by atoms with Gasteiger partial charge in [0.1, 0.15) is 6.17 Å². The van der Waals surface area contributed by atoms with Gasteiger partial charge in [0.05, 0.1) is 5.69 Å². The van der Waals surface area contributed by atoms with Crippen LogP contribution in [-0.2, 0) is 0 Å². The van der Waals surface area contributed by atoms with Crippen molar-refractivity contribution >= 4 is 23.2 Å². The zero-order chi connectivity index (χ0) is 14.3. The van der Waals surface area contributed by atoms with Crippen LogP contribution >= 0.6 is 11.6 Å². The first-order chi connectivity index (χ1) is 9.58. The van der Waals surface area contributed by atoms with E-state index in [1.54, 1.807) is 4.90 Å². The van der Waals surface area contributed by atoms with Gasteiger partial charge in [0.15, 0.2) is 5.96 Å². The smallest absolute Gasteiger partial charge is 0.197 e. The van der Waals surface area contributed by atoms with Crippen molar-refractivity contribution in [2.45, 2.75) is 6.17 Å². The average Bonchev–Trinajstić information content (AvgIpc) is 2.45. The van der Waals surface area contributed by atoms with Gasteiger partial charge in [-0.2, -0.15) is 0 Å². The van der Waals surface area contributed by atoms with Crippen LogP contribution in [0.25, 0.3) is 11.1 Å². The first kappa shape index (κ1) is 13.0. The summed E-state index contributed by atoms with van der Waals surface area (Å²) in [6.07, 6.45) is -0.275. The molecule has 4 N–H and O–H groups in total. The minimum atomic E-state index is -0.275. The summed E-state index contributed by atoms with van der Waals surface area (Å²) in [6, 6.07) is 13.7. The molecule has 1 heterocycles. The number of aliphatic imine (C=N–C) groups is 1. The van der Waals surface area contributed by atoms with Crippen LogP contribution in [0.15, 0.2) is 47.5 Å². The third-order valence-corrected chi connectivity index (χ3v) is 3.88. The minimum Gasteiger partial charge on any atom is -0.369 e. The molecule has 4 nitrogen and oxygen atoms in total. The van der Waals surface area contributed by atoms with Crippen molar-refractivity contribution in [2.24, 2.45) is 16.5 Å². The fourth-order valence-corrected chi connectivity index (χ4v) is 2.55. The number of halogens is 1. The average molecular weight is 287 g/mol. The molecule has 0 saturated carbocycles. The van der Waals surface area contributed by atoms with E-state index in [1.807, 2.05) is 49.5 Å². The SMILES string of the molecule is CN1C(N)=Nc2cc(-c3ccccc3Cl)ccc2C1N. The first-order valence-electron chi connectivity index (χ1n) is 6.29. The Bertz CT molecular complexity index is 696. The molecule has 0 spiro atoms. The van der Waals surface area contributed by atoms with E-state index in [0.717, 1.165) is 22.4 Å². The highest BCUT2D eigenvalue weighted by Gasteiger charge is 2.22. The Morgan fingerprint density at radius 3 is 2.70 bits per heavy atom. The van der Waals surface area contributed by atoms with Gasteiger partial charge in [-0.3, -0.25) is 0 Å². The number of hydrogen-bond donors (Lipinski definition) is 2. The molecule has 0 radical (unpaired) electrons. The Hall–Kier alpha value is -2.04. The maximum Gasteiger partial charge on any atom is 0.197 e. The van der Waals surface area contributed by atoms with Crippen molar-refractivity contribution in [3.8, 4) is 11.1 Å². The summed E-state index contributed by atoms with van der Waals surface area (Å²) in [7, 11) is 1.83. The number of nitrogens with zero attached hydrogens (tertiary/aromatic N) is 2. The monoisotopic (exact) mass is 286 g/mol. The molecular formula is C15H15ClN4. The number of nitrogens with two attached hydrogens (primary N) is 2. The molecule has 1 unspecified atom stereocenters. The predicted octanol–water partition coefficient (Wildman–Crippen LogP) is 2.86. The molecule has 5 heteroatoms. The van der Waals surface area contributed by atoms with Crippen molar-refractivity contribution in [2.75, 3.05) is 7.05 Å². The van der Waals surface area contributed by atoms with Crippen LogP contribution in [-0.4, -0.2) is 17.9 Å². The molecule has 2 aromatic rings. The summed E-state index contributed by atoms with van der Waals surface area (Å²) in [4.78, 5) is 6.14. The third kappa shape index (κ3) is 2.03. The molecule has 0 bridgehead atoms. The van der Waals surface area contributed by atoms with E-state index in [2.05, 4.69) is 4.99 Å². The summed E-state index contributed by atoms with van der Waals surface area (Å²) in [5.74, 6) is 0.418. The standard InChI is InChI=1S/C15H15ClN4/c1-20-14(17)11-7-6-9(8-13(11)19-15(20)18)10-4-2-3-5-12(10)16/h2-8,14H,17H2,1H3,(H2,18,19). The molecule has 20 heavy (non-hydrogen) atoms. The lowest BCUT2D eigenvalue weighted by atomic mass is 10.00. The van der Waals surface area contributed by atoms with Crippen LogP contribution < -0.4 is 11.5 Å². The lowest BCUT2D eigenvalue weighted by Gasteiger charge is -2.30. The molecule has 102 valence electrons. The second-order valence-corrected chi connectivity index (χ2v) is 5.19. The van der Waals surface area contributed by atoms with E-state index in [-0.39, 0.29) is 6.17 Å². The van der Waals surface area contributed by atoms with Gasteiger partial charge in [-0.15, -0.1) is 0 Å². The topological polar surface area (TPSA) is 67.6 Å². The maximum atomic E-state index is 6.23. The molecule has 0 saturated heterocycles. The van der Waals surface area contributed by atoms with E-state index in [4.69, 9.17) is 23.1 Å². The molecule has 1 atom stereocenters. The predicted molar refractivity (Wildman–Crippen MR) is 82.9 cm³/mol. The third-order valence-electron chi connectivity index (χ3n) is 3.55. The summed E-state index contributed by atoms with van der Waals surface area (Å²) >= 11 is 6.23. The number of rotatable bonds is 1. The summed E-state index contributed by atoms with van der Waals surface area (Å²) in [5, 5.41) is 0.710. The lowest BCUT2D eigenvalue weighted by molar-refractivity contribution is 0.375. The second-order valence-electron chi connectivity index (χ2n) is 4.78. The van der Waals surface area contributed by atoms with Crippen LogP contribution in [0.4, 0.5) is 5.69 Å². The Labute approximate surface area is 122 Å². The van der Waals surface area contributed by atoms with Crippen LogP contribution in [0.2, 0.25) is 5.02 Å². The first-order valence-corrected chi connectivity index (χ1v) is 6.67. The molecule has 0 aromatic heterocycles. The molecule has 0 fully saturated rings. The highest BCUT2D eigenvalue weighted by molar-refractivity contribution is 6.33. The van der Waals surface area contributed by atoms with Crippen molar-refractivity contribution in [1.29, 1.82) is 0 Å². The van der Waals surface area contributed by atoms with Gasteiger partial charge < -0.3 is 16.4 Å².